The van der Waals surface area contributed by atoms with Gasteiger partial charge in [-0.25, -0.2) is 9.59 Å². The maximum absolute atomic E-state index is 11.0. The van der Waals surface area contributed by atoms with E-state index in [1.54, 1.807) is 0 Å². The van der Waals surface area contributed by atoms with Crippen LogP contribution in [0.25, 0.3) is 0 Å². The van der Waals surface area contributed by atoms with Gasteiger partial charge in [-0.3, -0.25) is 0 Å². The highest BCUT2D eigenvalue weighted by atomic mass is 16.7. The minimum atomic E-state index is -2.07. The summed E-state index contributed by atoms with van der Waals surface area (Å²) in [5, 5.41) is 76.1. The van der Waals surface area contributed by atoms with Crippen molar-refractivity contribution in [2.45, 2.75) is 61.4 Å². The van der Waals surface area contributed by atoms with Gasteiger partial charge in [-0.1, -0.05) is 0 Å². The van der Waals surface area contributed by atoms with Crippen LogP contribution in [-0.2, 0) is 23.8 Å². The summed E-state index contributed by atoms with van der Waals surface area (Å²) in [5.41, 5.74) is 0. The summed E-state index contributed by atoms with van der Waals surface area (Å²) in [6.45, 7) is 0. The van der Waals surface area contributed by atoms with E-state index in [9.17, 15) is 40.2 Å². The van der Waals surface area contributed by atoms with E-state index in [2.05, 4.69) is 4.74 Å². The Morgan fingerprint density at radius 3 is 1.72 bits per heavy atom. The lowest BCUT2D eigenvalue weighted by Crippen LogP contribution is -2.65. The molecule has 0 amide bonds. The second-order valence-corrected chi connectivity index (χ2v) is 5.60. The molecule has 0 spiro atoms. The van der Waals surface area contributed by atoms with E-state index in [0.29, 0.717) is 0 Å². The smallest absolute Gasteiger partial charge is 0.335 e. The molecule has 0 aliphatic carbocycles. The number of carboxylic acids is 2. The van der Waals surface area contributed by atoms with Crippen molar-refractivity contribution in [3.8, 4) is 0 Å². The zero-order valence-corrected chi connectivity index (χ0v) is 12.4. The van der Waals surface area contributed by atoms with Gasteiger partial charge in [0.05, 0.1) is 0 Å². The van der Waals surface area contributed by atoms with Gasteiger partial charge in [0, 0.05) is 0 Å². The number of aliphatic hydroxyl groups is 6. The molecular formula is C12H18O13. The zero-order valence-electron chi connectivity index (χ0n) is 12.4. The summed E-state index contributed by atoms with van der Waals surface area (Å²) >= 11 is 0. The molecule has 144 valence electrons. The number of rotatable bonds is 4. The van der Waals surface area contributed by atoms with Crippen LogP contribution in [0.2, 0.25) is 0 Å². The highest BCUT2D eigenvalue weighted by Gasteiger charge is 2.53. The second-order valence-electron chi connectivity index (χ2n) is 5.60. The van der Waals surface area contributed by atoms with Crippen LogP contribution in [0.4, 0.5) is 0 Å². The van der Waals surface area contributed by atoms with Crippen molar-refractivity contribution in [3.05, 3.63) is 0 Å². The number of aliphatic carboxylic acids is 2. The highest BCUT2D eigenvalue weighted by Crippen LogP contribution is 2.28. The Morgan fingerprint density at radius 1 is 0.680 bits per heavy atom. The van der Waals surface area contributed by atoms with E-state index in [-0.39, 0.29) is 0 Å². The fourth-order valence-electron chi connectivity index (χ4n) is 2.53. The molecule has 0 unspecified atom stereocenters. The van der Waals surface area contributed by atoms with Gasteiger partial charge in [0.15, 0.2) is 24.8 Å². The van der Waals surface area contributed by atoms with Crippen LogP contribution >= 0.6 is 0 Å². The Hall–Kier alpha value is -1.42. The van der Waals surface area contributed by atoms with Crippen molar-refractivity contribution in [2.75, 3.05) is 0 Å². The van der Waals surface area contributed by atoms with E-state index in [4.69, 9.17) is 19.7 Å². The SMILES string of the molecule is O=C(O)[C@H]1O[C@@H](O[C@@H]2[C@@H](O)[C@H](O)O[C@H](C(=O)O)[C@H]2O)[C@H](O)[C@@H](O)[C@@H]1O. The van der Waals surface area contributed by atoms with E-state index in [1.165, 1.54) is 0 Å². The predicted octanol–water partition coefficient (Wildman–Crippen LogP) is -5.21. The fourth-order valence-corrected chi connectivity index (χ4v) is 2.53. The Bertz CT molecular complexity index is 511. The summed E-state index contributed by atoms with van der Waals surface area (Å²) in [4.78, 5) is 22.0. The van der Waals surface area contributed by atoms with Crippen LogP contribution in [0.3, 0.4) is 0 Å². The molecule has 0 aromatic carbocycles. The summed E-state index contributed by atoms with van der Waals surface area (Å²) in [5.74, 6) is -3.38. The first-order valence-corrected chi connectivity index (χ1v) is 7.06. The van der Waals surface area contributed by atoms with Crippen molar-refractivity contribution in [3.63, 3.8) is 0 Å². The van der Waals surface area contributed by atoms with Gasteiger partial charge < -0.3 is 55.1 Å². The van der Waals surface area contributed by atoms with Gasteiger partial charge in [0.25, 0.3) is 0 Å². The molecule has 0 bridgehead atoms. The molecule has 10 atom stereocenters. The van der Waals surface area contributed by atoms with Gasteiger partial charge in [0.2, 0.25) is 0 Å². The molecule has 0 aromatic rings. The quantitative estimate of drug-likeness (QED) is 0.232. The van der Waals surface area contributed by atoms with Crippen LogP contribution in [-0.4, -0.2) is 114 Å². The number of carbonyl (C=O) groups is 2. The van der Waals surface area contributed by atoms with Crippen LogP contribution in [0, 0.1) is 0 Å². The third-order valence-corrected chi connectivity index (χ3v) is 3.91. The lowest BCUT2D eigenvalue weighted by Gasteiger charge is -2.44. The largest absolute Gasteiger partial charge is 0.479 e. The number of ether oxygens (including phenoxy) is 3. The second kappa shape index (κ2) is 7.45. The molecule has 0 aromatic heterocycles. The van der Waals surface area contributed by atoms with Crippen LogP contribution in [0.1, 0.15) is 0 Å². The molecule has 2 heterocycles. The number of carboxylic acid groups (broad SMARTS) is 2. The summed E-state index contributed by atoms with van der Waals surface area (Å²) in [6.07, 6.45) is -19.9. The molecule has 0 radical (unpaired) electrons. The van der Waals surface area contributed by atoms with Crippen LogP contribution < -0.4 is 0 Å². The van der Waals surface area contributed by atoms with E-state index >= 15 is 0 Å². The van der Waals surface area contributed by atoms with Crippen molar-refractivity contribution in [1.29, 1.82) is 0 Å². The lowest BCUT2D eigenvalue weighted by atomic mass is 9.96. The summed E-state index contributed by atoms with van der Waals surface area (Å²) in [7, 11) is 0. The van der Waals surface area contributed by atoms with Crippen LogP contribution in [0.5, 0.6) is 0 Å². The molecule has 25 heavy (non-hydrogen) atoms. The Balaban J connectivity index is 2.20. The van der Waals surface area contributed by atoms with Crippen molar-refractivity contribution in [1.82, 2.24) is 0 Å². The maximum Gasteiger partial charge on any atom is 0.335 e. The fraction of sp³-hybridized carbons (Fsp3) is 0.833. The summed E-state index contributed by atoms with van der Waals surface area (Å²) in [6, 6.07) is 0. The number of aliphatic hydroxyl groups excluding tert-OH is 6. The van der Waals surface area contributed by atoms with Gasteiger partial charge in [-0.15, -0.1) is 0 Å². The molecule has 2 rings (SSSR count). The Labute approximate surface area is 139 Å². The standard InChI is InChI=1S/C12H18O13/c13-1-2(14)7(9(18)19)25-12(3(1)15)24-6-4(16)8(10(20)21)23-11(22)5(6)17/h1-8,11-17,22H,(H,18,19)(H,20,21)/t1-,2-,3+,4-,5+,6-,7-,8-,11+,12+/m0/s1. The average Bonchev–Trinajstić information content (AvgIpc) is 2.54. The van der Waals surface area contributed by atoms with E-state index in [1.807, 2.05) is 0 Å². The third-order valence-electron chi connectivity index (χ3n) is 3.91. The molecule has 2 saturated heterocycles. The first kappa shape index (κ1) is 19.9. The Kier molecular flexibility index (Phi) is 5.93. The van der Waals surface area contributed by atoms with Crippen molar-refractivity contribution < 1.29 is 64.7 Å². The zero-order chi connectivity index (χ0) is 19.0. The molecule has 2 aliphatic heterocycles. The maximum atomic E-state index is 11.0. The minimum absolute atomic E-state index is 1.68. The van der Waals surface area contributed by atoms with Gasteiger partial charge in [-0.05, 0) is 0 Å². The number of hydrogen-bond acceptors (Lipinski definition) is 11. The molecule has 13 nitrogen and oxygen atoms in total. The predicted molar refractivity (Wildman–Crippen MR) is 69.7 cm³/mol. The molecular weight excluding hydrogens is 352 g/mol. The van der Waals surface area contributed by atoms with Crippen molar-refractivity contribution in [2.24, 2.45) is 0 Å². The summed E-state index contributed by atoms with van der Waals surface area (Å²) < 4.78 is 14.3. The topological polar surface area (TPSA) is 224 Å². The average molecular weight is 370 g/mol. The monoisotopic (exact) mass is 370 g/mol. The van der Waals surface area contributed by atoms with E-state index < -0.39 is 73.4 Å². The number of hydrogen-bond donors (Lipinski definition) is 8. The van der Waals surface area contributed by atoms with Crippen molar-refractivity contribution >= 4 is 11.9 Å². The van der Waals surface area contributed by atoms with Gasteiger partial charge >= 0.3 is 11.9 Å². The Morgan fingerprint density at radius 2 is 1.20 bits per heavy atom. The minimum Gasteiger partial charge on any atom is -0.479 e. The van der Waals surface area contributed by atoms with Gasteiger partial charge in [-0.2, -0.15) is 0 Å². The molecule has 2 aliphatic rings. The first-order chi connectivity index (χ1) is 11.6. The molecule has 2 fully saturated rings. The normalized spacial score (nSPS) is 48.1. The third kappa shape index (κ3) is 3.74. The first-order valence-electron chi connectivity index (χ1n) is 7.06. The molecule has 0 saturated carbocycles. The highest BCUT2D eigenvalue weighted by molar-refractivity contribution is 5.73. The van der Waals surface area contributed by atoms with Gasteiger partial charge in [0.1, 0.15) is 36.6 Å². The molecule has 13 heteroatoms. The van der Waals surface area contributed by atoms with E-state index in [0.717, 1.165) is 0 Å². The van der Waals surface area contributed by atoms with Crippen LogP contribution in [0.15, 0.2) is 0 Å². The lowest BCUT2D eigenvalue weighted by molar-refractivity contribution is -0.348. The molecule has 8 N–H and O–H groups in total.